The van der Waals surface area contributed by atoms with Gasteiger partial charge in [-0.15, -0.1) is 0 Å². The molecule has 4 N–H and O–H groups in total. The highest BCUT2D eigenvalue weighted by atomic mass is 32.2. The van der Waals surface area contributed by atoms with E-state index in [9.17, 15) is 18.0 Å². The van der Waals surface area contributed by atoms with Crippen LogP contribution in [0.15, 0.2) is 0 Å². The number of carbonyl (C=O) groups excluding carboxylic acids is 1. The van der Waals surface area contributed by atoms with Crippen LogP contribution in [0.3, 0.4) is 0 Å². The van der Waals surface area contributed by atoms with Crippen LogP contribution in [0.2, 0.25) is 0 Å². The number of hydrogen-bond acceptors (Lipinski definition) is 4. The predicted molar refractivity (Wildman–Crippen MR) is 61.1 cm³/mol. The van der Waals surface area contributed by atoms with Gasteiger partial charge in [0.15, 0.2) is 0 Å². The lowest BCUT2D eigenvalue weighted by atomic mass is 10.1. The molecule has 0 radical (unpaired) electrons. The monoisotopic (exact) mass is 267 g/mol. The van der Waals surface area contributed by atoms with Crippen LogP contribution in [0.5, 0.6) is 0 Å². The largest absolute Gasteiger partial charge is 0.480 e. The Morgan fingerprint density at radius 3 is 2.24 bits per heavy atom. The van der Waals surface area contributed by atoms with E-state index in [4.69, 9.17) is 5.11 Å². The molecule has 0 unspecified atom stereocenters. The first-order valence-corrected chi connectivity index (χ1v) is 6.46. The van der Waals surface area contributed by atoms with Crippen molar-refractivity contribution in [3.63, 3.8) is 0 Å². The fourth-order valence-corrected chi connectivity index (χ4v) is 1.36. The molecule has 0 saturated heterocycles. The molecule has 0 aromatic rings. The van der Waals surface area contributed by atoms with Crippen LogP contribution in [0.4, 0.5) is 4.79 Å². The van der Waals surface area contributed by atoms with Crippen molar-refractivity contribution in [3.8, 4) is 0 Å². The van der Waals surface area contributed by atoms with Crippen molar-refractivity contribution in [1.82, 2.24) is 15.4 Å². The van der Waals surface area contributed by atoms with Gasteiger partial charge in [0.05, 0.1) is 5.75 Å². The summed E-state index contributed by atoms with van der Waals surface area (Å²) in [6, 6.07) is -0.733. The SMILES string of the molecule is CNS(=O)(=O)CCNC(=O)NC(C)(C)C(=O)O. The van der Waals surface area contributed by atoms with Gasteiger partial charge in [0.1, 0.15) is 5.54 Å². The Labute approximate surface area is 99.8 Å². The second kappa shape index (κ2) is 5.82. The summed E-state index contributed by atoms with van der Waals surface area (Å²) in [5.41, 5.74) is -1.41. The number of carbonyl (C=O) groups is 2. The lowest BCUT2D eigenvalue weighted by molar-refractivity contribution is -0.142. The third-order valence-electron chi connectivity index (χ3n) is 1.93. The van der Waals surface area contributed by atoms with Gasteiger partial charge in [-0.2, -0.15) is 0 Å². The van der Waals surface area contributed by atoms with Gasteiger partial charge in [0.25, 0.3) is 0 Å². The summed E-state index contributed by atoms with van der Waals surface area (Å²) in [6.07, 6.45) is 0. The van der Waals surface area contributed by atoms with E-state index < -0.39 is 27.6 Å². The van der Waals surface area contributed by atoms with Crippen LogP contribution in [0.1, 0.15) is 13.8 Å². The van der Waals surface area contributed by atoms with Crippen LogP contribution in [-0.4, -0.2) is 50.4 Å². The summed E-state index contributed by atoms with van der Waals surface area (Å²) in [5, 5.41) is 13.2. The molecule has 0 aliphatic rings. The maximum Gasteiger partial charge on any atom is 0.328 e. The Kier molecular flexibility index (Phi) is 5.36. The lowest BCUT2D eigenvalue weighted by Crippen LogP contribution is -2.53. The van der Waals surface area contributed by atoms with E-state index in [1.807, 2.05) is 0 Å². The maximum atomic E-state index is 11.2. The van der Waals surface area contributed by atoms with Crippen molar-refractivity contribution in [2.24, 2.45) is 0 Å². The van der Waals surface area contributed by atoms with Crippen molar-refractivity contribution in [3.05, 3.63) is 0 Å². The molecule has 0 aliphatic carbocycles. The first-order chi connectivity index (χ1) is 7.60. The van der Waals surface area contributed by atoms with Gasteiger partial charge in [-0.25, -0.2) is 22.7 Å². The highest BCUT2D eigenvalue weighted by molar-refractivity contribution is 7.89. The van der Waals surface area contributed by atoms with Gasteiger partial charge in [-0.1, -0.05) is 0 Å². The van der Waals surface area contributed by atoms with Crippen molar-refractivity contribution in [2.75, 3.05) is 19.3 Å². The summed E-state index contributed by atoms with van der Waals surface area (Å²) in [5.74, 6) is -1.46. The molecule has 8 nitrogen and oxygen atoms in total. The van der Waals surface area contributed by atoms with Gasteiger partial charge in [0, 0.05) is 6.54 Å². The molecule has 0 atom stereocenters. The highest BCUT2D eigenvalue weighted by Crippen LogP contribution is 2.00. The third kappa shape index (κ3) is 6.07. The van der Waals surface area contributed by atoms with E-state index in [0.29, 0.717) is 0 Å². The zero-order valence-electron chi connectivity index (χ0n) is 9.90. The number of rotatable bonds is 6. The molecule has 0 aromatic carbocycles. The van der Waals surface area contributed by atoms with Gasteiger partial charge in [0.2, 0.25) is 10.0 Å². The highest BCUT2D eigenvalue weighted by Gasteiger charge is 2.28. The molecule has 17 heavy (non-hydrogen) atoms. The van der Waals surface area contributed by atoms with Crippen molar-refractivity contribution in [2.45, 2.75) is 19.4 Å². The molecule has 0 saturated carbocycles. The Morgan fingerprint density at radius 1 is 1.29 bits per heavy atom. The molecule has 0 spiro atoms. The average molecular weight is 267 g/mol. The van der Waals surface area contributed by atoms with Crippen LogP contribution in [0, 0.1) is 0 Å². The van der Waals surface area contributed by atoms with Crippen LogP contribution >= 0.6 is 0 Å². The van der Waals surface area contributed by atoms with Gasteiger partial charge < -0.3 is 15.7 Å². The molecule has 100 valence electrons. The zero-order chi connectivity index (χ0) is 13.7. The van der Waals surface area contributed by atoms with Crippen molar-refractivity contribution in [1.29, 1.82) is 0 Å². The minimum atomic E-state index is -3.38. The van der Waals surface area contributed by atoms with Crippen molar-refractivity contribution >= 4 is 22.0 Å². The molecule has 0 heterocycles. The van der Waals surface area contributed by atoms with Gasteiger partial charge >= 0.3 is 12.0 Å². The normalized spacial score (nSPS) is 11.9. The number of carboxylic acids is 1. The molecule has 0 bridgehead atoms. The maximum absolute atomic E-state index is 11.2. The van der Waals surface area contributed by atoms with Crippen LogP contribution < -0.4 is 15.4 Å². The minimum absolute atomic E-state index is 0.106. The summed E-state index contributed by atoms with van der Waals surface area (Å²) in [6.45, 7) is 2.53. The topological polar surface area (TPSA) is 125 Å². The Hall–Kier alpha value is -1.35. The summed E-state index contributed by atoms with van der Waals surface area (Å²) >= 11 is 0. The fraction of sp³-hybridized carbons (Fsp3) is 0.750. The molecule has 2 amide bonds. The van der Waals surface area contributed by atoms with E-state index in [2.05, 4.69) is 15.4 Å². The Balaban J connectivity index is 4.10. The van der Waals surface area contributed by atoms with E-state index in [0.717, 1.165) is 0 Å². The standard InChI is InChI=1S/C8H17N3O5S/c1-8(2,6(12)13)11-7(14)10-4-5-17(15,16)9-3/h9H,4-5H2,1-3H3,(H,12,13)(H2,10,11,14). The Morgan fingerprint density at radius 2 is 1.82 bits per heavy atom. The first-order valence-electron chi connectivity index (χ1n) is 4.81. The van der Waals surface area contributed by atoms with Crippen LogP contribution in [0.25, 0.3) is 0 Å². The number of carboxylic acid groups (broad SMARTS) is 1. The molecule has 0 aromatic heterocycles. The summed E-state index contributed by atoms with van der Waals surface area (Å²) in [7, 11) is -2.12. The van der Waals surface area contributed by atoms with Gasteiger partial charge in [-0.05, 0) is 20.9 Å². The third-order valence-corrected chi connectivity index (χ3v) is 3.29. The fourth-order valence-electron chi connectivity index (χ4n) is 0.782. The predicted octanol–water partition coefficient (Wildman–Crippen LogP) is -1.30. The number of aliphatic carboxylic acids is 1. The molecular formula is C8H17N3O5S. The second-order valence-corrected chi connectivity index (χ2v) is 5.88. The smallest absolute Gasteiger partial charge is 0.328 e. The molecule has 9 heteroatoms. The Bertz CT molecular complexity index is 390. The first kappa shape index (κ1) is 15.7. The molecular weight excluding hydrogens is 250 g/mol. The number of urea groups is 1. The van der Waals surface area contributed by atoms with E-state index in [1.165, 1.54) is 20.9 Å². The second-order valence-electron chi connectivity index (χ2n) is 3.83. The number of hydrogen-bond donors (Lipinski definition) is 4. The van der Waals surface area contributed by atoms with Crippen LogP contribution in [-0.2, 0) is 14.8 Å². The lowest BCUT2D eigenvalue weighted by Gasteiger charge is -2.21. The van der Waals surface area contributed by atoms with Gasteiger partial charge in [-0.3, -0.25) is 0 Å². The molecule has 0 fully saturated rings. The number of nitrogens with one attached hydrogen (secondary N) is 3. The summed E-state index contributed by atoms with van der Waals surface area (Å²) < 4.78 is 24.1. The minimum Gasteiger partial charge on any atom is -0.480 e. The van der Waals surface area contributed by atoms with E-state index in [1.54, 1.807) is 0 Å². The average Bonchev–Trinajstić information content (AvgIpc) is 2.16. The summed E-state index contributed by atoms with van der Waals surface area (Å²) in [4.78, 5) is 21.9. The quantitative estimate of drug-likeness (QED) is 0.476. The van der Waals surface area contributed by atoms with E-state index in [-0.39, 0.29) is 12.3 Å². The van der Waals surface area contributed by atoms with E-state index >= 15 is 0 Å². The molecule has 0 rings (SSSR count). The number of sulfonamides is 1. The number of amides is 2. The molecule has 0 aliphatic heterocycles. The van der Waals surface area contributed by atoms with Crippen molar-refractivity contribution < 1.29 is 23.1 Å². The zero-order valence-corrected chi connectivity index (χ0v) is 10.7.